The molecule has 1 aliphatic rings. The zero-order valence-electron chi connectivity index (χ0n) is 14.3. The molecule has 1 aromatic heterocycles. The van der Waals surface area contributed by atoms with E-state index in [-0.39, 0.29) is 0 Å². The number of thioether (sulfide) groups is 1. The molecule has 0 N–H and O–H groups in total. The van der Waals surface area contributed by atoms with E-state index in [0.717, 1.165) is 23.6 Å². The summed E-state index contributed by atoms with van der Waals surface area (Å²) in [6.07, 6.45) is 0. The summed E-state index contributed by atoms with van der Waals surface area (Å²) < 4.78 is 5.39. The van der Waals surface area contributed by atoms with Crippen molar-refractivity contribution in [3.63, 3.8) is 0 Å². The number of hydrogen-bond acceptors (Lipinski definition) is 4. The molecular formula is C21H19N2OS. The molecule has 3 aromatic rings. The standard InChI is InChI=1S/C21H19N2OS/c1-15-21(16(2)24-22-15)19-11-7-6-10-18(19)20-13-25-14-23(20)12-17-8-4-3-5-9-17/h3-11,13-14H,12H2,1-2H3. The Morgan fingerprint density at radius 1 is 0.960 bits per heavy atom. The molecule has 0 bridgehead atoms. The lowest BCUT2D eigenvalue weighted by Gasteiger charge is -2.23. The summed E-state index contributed by atoms with van der Waals surface area (Å²) in [5.74, 6) is 3.03. The average molecular weight is 347 g/mol. The Labute approximate surface area is 152 Å². The van der Waals surface area contributed by atoms with E-state index in [1.54, 1.807) is 11.8 Å². The Morgan fingerprint density at radius 3 is 2.40 bits per heavy atom. The van der Waals surface area contributed by atoms with Crippen molar-refractivity contribution in [3.05, 3.63) is 88.5 Å². The fraction of sp³-hybridized carbons (Fsp3) is 0.143. The number of nitrogens with zero attached hydrogens (tertiary/aromatic N) is 2. The van der Waals surface area contributed by atoms with E-state index in [0.29, 0.717) is 0 Å². The Kier molecular flexibility index (Phi) is 4.36. The predicted octanol–water partition coefficient (Wildman–Crippen LogP) is 5.63. The molecule has 0 amide bonds. The largest absolute Gasteiger partial charge is 0.361 e. The first-order valence-corrected chi connectivity index (χ1v) is 9.20. The normalized spacial score (nSPS) is 14.0. The quantitative estimate of drug-likeness (QED) is 0.612. The van der Waals surface area contributed by atoms with Gasteiger partial charge in [0.05, 0.1) is 11.4 Å². The first kappa shape index (κ1) is 16.0. The molecule has 4 rings (SSSR count). The van der Waals surface area contributed by atoms with Crippen LogP contribution < -0.4 is 0 Å². The van der Waals surface area contributed by atoms with Crippen LogP contribution in [0.1, 0.15) is 22.6 Å². The summed E-state index contributed by atoms with van der Waals surface area (Å²) in [7, 11) is 0. The van der Waals surface area contributed by atoms with E-state index in [4.69, 9.17) is 4.52 Å². The van der Waals surface area contributed by atoms with E-state index in [2.05, 4.69) is 75.9 Å². The van der Waals surface area contributed by atoms with Crippen LogP contribution in [-0.2, 0) is 6.54 Å². The van der Waals surface area contributed by atoms with Crippen molar-refractivity contribution in [1.82, 2.24) is 10.1 Å². The first-order chi connectivity index (χ1) is 12.2. The first-order valence-electron chi connectivity index (χ1n) is 8.26. The lowest BCUT2D eigenvalue weighted by atomic mass is 9.96. The molecular weight excluding hydrogens is 328 g/mol. The van der Waals surface area contributed by atoms with Gasteiger partial charge in [0.15, 0.2) is 0 Å². The molecule has 0 saturated heterocycles. The van der Waals surface area contributed by atoms with Crippen molar-refractivity contribution in [2.45, 2.75) is 20.4 Å². The minimum atomic E-state index is 0.856. The van der Waals surface area contributed by atoms with Crippen LogP contribution in [-0.4, -0.2) is 10.1 Å². The van der Waals surface area contributed by atoms with Crippen LogP contribution in [0, 0.1) is 19.7 Å². The third kappa shape index (κ3) is 3.10. The highest BCUT2D eigenvalue weighted by Crippen LogP contribution is 2.40. The topological polar surface area (TPSA) is 29.3 Å². The molecule has 125 valence electrons. The molecule has 0 fully saturated rings. The number of aromatic nitrogens is 1. The van der Waals surface area contributed by atoms with Gasteiger partial charge in [-0.15, -0.1) is 11.8 Å². The average Bonchev–Trinajstić information content (AvgIpc) is 3.22. The fourth-order valence-corrected chi connectivity index (χ4v) is 3.99. The van der Waals surface area contributed by atoms with E-state index in [9.17, 15) is 0 Å². The number of aryl methyl sites for hydroxylation is 2. The Morgan fingerprint density at radius 2 is 1.68 bits per heavy atom. The second-order valence-corrected chi connectivity index (χ2v) is 6.82. The molecule has 2 aromatic carbocycles. The van der Waals surface area contributed by atoms with Gasteiger partial charge in [0.25, 0.3) is 0 Å². The fourth-order valence-electron chi connectivity index (χ4n) is 3.21. The van der Waals surface area contributed by atoms with Crippen LogP contribution in [0.2, 0.25) is 0 Å². The lowest BCUT2D eigenvalue weighted by molar-refractivity contribution is 0.393. The smallest absolute Gasteiger partial charge is 0.141 e. The van der Waals surface area contributed by atoms with Crippen molar-refractivity contribution in [3.8, 4) is 11.1 Å². The summed E-state index contributed by atoms with van der Waals surface area (Å²) in [5.41, 5.74) is 6.89. The van der Waals surface area contributed by atoms with Gasteiger partial charge >= 0.3 is 0 Å². The van der Waals surface area contributed by atoms with Crippen molar-refractivity contribution >= 4 is 17.5 Å². The molecule has 0 aliphatic carbocycles. The van der Waals surface area contributed by atoms with Crippen molar-refractivity contribution in [2.75, 3.05) is 0 Å². The second-order valence-electron chi connectivity index (χ2n) is 6.10. The SMILES string of the molecule is Cc1noc(C)c1-c1ccccc1C1=CS[CH]N1Cc1ccccc1. The van der Waals surface area contributed by atoms with Crippen LogP contribution >= 0.6 is 11.8 Å². The van der Waals surface area contributed by atoms with Crippen LogP contribution in [0.25, 0.3) is 16.8 Å². The minimum Gasteiger partial charge on any atom is -0.361 e. The van der Waals surface area contributed by atoms with E-state index >= 15 is 0 Å². The molecule has 0 spiro atoms. The Bertz CT molecular complexity index is 895. The highest BCUT2D eigenvalue weighted by Gasteiger charge is 2.23. The third-order valence-corrected chi connectivity index (χ3v) is 5.11. The predicted molar refractivity (Wildman–Crippen MR) is 103 cm³/mol. The monoisotopic (exact) mass is 347 g/mol. The van der Waals surface area contributed by atoms with Gasteiger partial charge in [0.2, 0.25) is 0 Å². The minimum absolute atomic E-state index is 0.856. The van der Waals surface area contributed by atoms with E-state index < -0.39 is 0 Å². The summed E-state index contributed by atoms with van der Waals surface area (Å²) in [5, 5.41) is 6.33. The van der Waals surface area contributed by atoms with Crippen molar-refractivity contribution in [2.24, 2.45) is 0 Å². The van der Waals surface area contributed by atoms with Gasteiger partial charge in [-0.2, -0.15) is 0 Å². The van der Waals surface area contributed by atoms with Crippen LogP contribution in [0.5, 0.6) is 0 Å². The number of rotatable bonds is 4. The molecule has 4 heteroatoms. The maximum Gasteiger partial charge on any atom is 0.141 e. The summed E-state index contributed by atoms with van der Waals surface area (Å²) >= 11 is 1.72. The zero-order chi connectivity index (χ0) is 17.2. The van der Waals surface area contributed by atoms with E-state index in [1.165, 1.54) is 22.4 Å². The van der Waals surface area contributed by atoms with Gasteiger partial charge < -0.3 is 9.42 Å². The molecule has 0 saturated carbocycles. The molecule has 2 heterocycles. The van der Waals surface area contributed by atoms with Gasteiger partial charge in [0.1, 0.15) is 11.6 Å². The Hall–Kier alpha value is -2.46. The third-order valence-electron chi connectivity index (χ3n) is 4.38. The van der Waals surface area contributed by atoms with Crippen molar-refractivity contribution in [1.29, 1.82) is 0 Å². The van der Waals surface area contributed by atoms with Gasteiger partial charge in [0, 0.05) is 17.7 Å². The van der Waals surface area contributed by atoms with Crippen LogP contribution in [0.4, 0.5) is 0 Å². The highest BCUT2D eigenvalue weighted by atomic mass is 32.2. The summed E-state index contributed by atoms with van der Waals surface area (Å²) in [6, 6.07) is 19.0. The molecule has 1 radical (unpaired) electrons. The van der Waals surface area contributed by atoms with Gasteiger partial charge in [-0.05, 0) is 30.4 Å². The Balaban J connectivity index is 1.72. The highest BCUT2D eigenvalue weighted by molar-refractivity contribution is 8.04. The molecule has 3 nitrogen and oxygen atoms in total. The molecule has 25 heavy (non-hydrogen) atoms. The number of hydrogen-bond donors (Lipinski definition) is 0. The zero-order valence-corrected chi connectivity index (χ0v) is 15.1. The van der Waals surface area contributed by atoms with Crippen LogP contribution in [0.15, 0.2) is 64.5 Å². The van der Waals surface area contributed by atoms with Gasteiger partial charge in [-0.25, -0.2) is 0 Å². The van der Waals surface area contributed by atoms with Gasteiger partial charge in [-0.1, -0.05) is 59.8 Å². The maximum atomic E-state index is 5.39. The van der Waals surface area contributed by atoms with Crippen LogP contribution in [0.3, 0.4) is 0 Å². The van der Waals surface area contributed by atoms with E-state index in [1.807, 2.05) is 13.8 Å². The number of benzene rings is 2. The van der Waals surface area contributed by atoms with Gasteiger partial charge in [-0.3, -0.25) is 0 Å². The second kappa shape index (κ2) is 6.81. The summed E-state index contributed by atoms with van der Waals surface area (Å²) in [6.45, 7) is 4.82. The summed E-state index contributed by atoms with van der Waals surface area (Å²) in [4.78, 5) is 2.30. The molecule has 1 aliphatic heterocycles. The molecule has 0 atom stereocenters. The lowest BCUT2D eigenvalue weighted by Crippen LogP contribution is -2.15. The van der Waals surface area contributed by atoms with Crippen molar-refractivity contribution < 1.29 is 4.52 Å². The maximum absolute atomic E-state index is 5.39. The molecule has 0 unspecified atom stereocenters.